The Morgan fingerprint density at radius 1 is 0.889 bits per heavy atom. The maximum Gasteiger partial charge on any atom is 0.217 e. The molecule has 0 saturated heterocycles. The van der Waals surface area contributed by atoms with Crippen molar-refractivity contribution in [1.29, 1.82) is 0 Å². The van der Waals surface area contributed by atoms with Crippen molar-refractivity contribution < 1.29 is 18.3 Å². The second kappa shape index (κ2) is 11.6. The topological polar surface area (TPSA) is 41.1 Å². The molecule has 0 bridgehead atoms. The van der Waals surface area contributed by atoms with Crippen molar-refractivity contribution in [2.45, 2.75) is 27.7 Å². The molecule has 0 aliphatic carbocycles. The lowest BCUT2D eigenvalue weighted by molar-refractivity contribution is -0.420. The number of allylic oxidation sites excluding steroid dienone is 2. The van der Waals surface area contributed by atoms with E-state index in [1.807, 2.05) is 27.7 Å². The molecule has 104 valence electrons. The number of hydrogen-bond donors (Lipinski definition) is 0. The van der Waals surface area contributed by atoms with Gasteiger partial charge in [-0.15, -0.1) is 0 Å². The molecular weight excluding hydrogens is 232 g/mol. The zero-order chi connectivity index (χ0) is 14.6. The van der Waals surface area contributed by atoms with Crippen molar-refractivity contribution in [3.05, 3.63) is 35.9 Å². The standard InChI is InChI=1S/2C7H12O2/c2*1-6(8-3)5-7(2)9-4/h2*5H,3H2,1-2,4H3/b2*7-5-. The summed E-state index contributed by atoms with van der Waals surface area (Å²) in [6.07, 6.45) is 5.03. The number of hydrogen-bond acceptors (Lipinski definition) is 2. The normalized spacial score (nSPS) is 10.8. The van der Waals surface area contributed by atoms with Gasteiger partial charge in [0.1, 0.15) is 0 Å². The summed E-state index contributed by atoms with van der Waals surface area (Å²) in [4.78, 5) is 0. The molecule has 0 aromatic heterocycles. The van der Waals surface area contributed by atoms with Crippen LogP contribution in [0.15, 0.2) is 23.7 Å². The summed E-state index contributed by atoms with van der Waals surface area (Å²) in [5.41, 5.74) is 0. The highest BCUT2D eigenvalue weighted by Gasteiger charge is 1.95. The Kier molecular flexibility index (Phi) is 12.0. The van der Waals surface area contributed by atoms with E-state index in [9.17, 15) is 0 Å². The van der Waals surface area contributed by atoms with Crippen LogP contribution in [-0.4, -0.2) is 27.8 Å². The van der Waals surface area contributed by atoms with Crippen LogP contribution >= 0.6 is 0 Å². The Labute approximate surface area is 110 Å². The van der Waals surface area contributed by atoms with E-state index >= 15 is 0 Å². The molecule has 0 aromatic carbocycles. The van der Waals surface area contributed by atoms with Crippen LogP contribution in [0.3, 0.4) is 0 Å². The lowest BCUT2D eigenvalue weighted by Gasteiger charge is -2.02. The van der Waals surface area contributed by atoms with E-state index in [0.29, 0.717) is 0 Å². The van der Waals surface area contributed by atoms with E-state index in [-0.39, 0.29) is 0 Å². The quantitative estimate of drug-likeness (QED) is 0.416. The van der Waals surface area contributed by atoms with Crippen LogP contribution in [0.5, 0.6) is 0 Å². The Morgan fingerprint density at radius 3 is 1.33 bits per heavy atom. The van der Waals surface area contributed by atoms with Gasteiger partial charge in [-0.3, -0.25) is 0 Å². The molecule has 0 atom stereocenters. The number of ether oxygens (including phenoxy) is 2. The Balaban J connectivity index is 0. The number of rotatable bonds is 6. The molecule has 0 spiro atoms. The van der Waals surface area contributed by atoms with Crippen LogP contribution in [0.4, 0.5) is 0 Å². The van der Waals surface area contributed by atoms with Crippen molar-refractivity contribution in [3.63, 3.8) is 0 Å². The third kappa shape index (κ3) is 12.2. The van der Waals surface area contributed by atoms with E-state index in [2.05, 4.69) is 22.4 Å². The molecule has 0 saturated carbocycles. The second-order valence-corrected chi connectivity index (χ2v) is 3.43. The van der Waals surface area contributed by atoms with Gasteiger partial charge in [0, 0.05) is 25.4 Å². The van der Waals surface area contributed by atoms with Crippen molar-refractivity contribution in [3.8, 4) is 0 Å². The van der Waals surface area contributed by atoms with Crippen LogP contribution in [0.25, 0.3) is 0 Å². The first-order valence-electron chi connectivity index (χ1n) is 5.37. The maximum atomic E-state index is 4.86. The molecule has 0 amide bonds. The van der Waals surface area contributed by atoms with Crippen LogP contribution in [0, 0.1) is 12.2 Å². The average molecular weight is 256 g/mol. The van der Waals surface area contributed by atoms with E-state index < -0.39 is 0 Å². The smallest absolute Gasteiger partial charge is 0.217 e. The summed E-state index contributed by atoms with van der Waals surface area (Å²) in [5, 5.41) is 0. The van der Waals surface area contributed by atoms with Gasteiger partial charge in [-0.25, -0.2) is 0 Å². The van der Waals surface area contributed by atoms with Gasteiger partial charge in [-0.1, -0.05) is 13.8 Å². The van der Waals surface area contributed by atoms with Gasteiger partial charge in [-0.2, -0.15) is 0 Å². The van der Waals surface area contributed by atoms with Gasteiger partial charge in [-0.05, 0) is 12.2 Å². The zero-order valence-electron chi connectivity index (χ0n) is 12.2. The van der Waals surface area contributed by atoms with Crippen molar-refractivity contribution in [2.75, 3.05) is 14.2 Å². The van der Waals surface area contributed by atoms with Gasteiger partial charge in [0.2, 0.25) is 12.2 Å². The van der Waals surface area contributed by atoms with Crippen LogP contribution in [0.2, 0.25) is 0 Å². The highest BCUT2D eigenvalue weighted by molar-refractivity contribution is 5.15. The van der Waals surface area contributed by atoms with E-state index in [1.54, 1.807) is 26.4 Å². The van der Waals surface area contributed by atoms with E-state index in [1.165, 1.54) is 0 Å². The molecule has 0 rings (SSSR count). The Bertz CT molecular complexity index is 262. The second-order valence-electron chi connectivity index (χ2n) is 3.43. The lowest BCUT2D eigenvalue weighted by Crippen LogP contribution is -1.88. The first kappa shape index (κ1) is 18.5. The summed E-state index contributed by atoms with van der Waals surface area (Å²) in [6.45, 7) is 13.8. The first-order chi connectivity index (χ1) is 8.40. The molecule has 0 N–H and O–H groups in total. The Morgan fingerprint density at radius 2 is 1.17 bits per heavy atom. The number of carbonyl (C=O) groups excluding carboxylic acids is 2. The molecule has 0 unspecified atom stereocenters. The molecule has 18 heavy (non-hydrogen) atoms. The number of methoxy groups -OCH3 is 2. The van der Waals surface area contributed by atoms with Crippen LogP contribution in [0.1, 0.15) is 27.7 Å². The van der Waals surface area contributed by atoms with Gasteiger partial charge in [0.25, 0.3) is 0 Å². The fourth-order valence-electron chi connectivity index (χ4n) is 0.774. The fraction of sp³-hybridized carbons (Fsp3) is 0.429. The molecule has 4 nitrogen and oxygen atoms in total. The minimum Gasteiger partial charge on any atom is -0.557 e. The van der Waals surface area contributed by atoms with Gasteiger partial charge in [0.15, 0.2) is 13.6 Å². The first-order valence-corrected chi connectivity index (χ1v) is 5.37. The molecule has 0 aliphatic rings. The average Bonchev–Trinajstić information content (AvgIpc) is 2.38. The predicted octanol–water partition coefficient (Wildman–Crippen LogP) is 2.91. The van der Waals surface area contributed by atoms with Crippen molar-refractivity contribution in [1.82, 2.24) is 0 Å². The summed E-state index contributed by atoms with van der Waals surface area (Å²) in [7, 11) is 3.23. The van der Waals surface area contributed by atoms with E-state index in [4.69, 9.17) is 9.47 Å². The molecule has 0 radical (unpaired) electrons. The van der Waals surface area contributed by atoms with Gasteiger partial charge < -0.3 is 18.3 Å². The summed E-state index contributed by atoms with van der Waals surface area (Å²) in [6, 6.07) is 0. The molecular formula is C14H24O4. The summed E-state index contributed by atoms with van der Waals surface area (Å²) < 4.78 is 19.0. The lowest BCUT2D eigenvalue weighted by atomic mass is 10.3. The summed E-state index contributed by atoms with van der Waals surface area (Å²) >= 11 is 0. The zero-order valence-corrected chi connectivity index (χ0v) is 12.2. The third-order valence-corrected chi connectivity index (χ3v) is 1.91. The SMILES string of the molecule is C=[O+][C-](C)/C=C(/C)OC.C=[O+][C-](C)/C=C(/C)OC. The maximum absolute atomic E-state index is 4.86. The largest absolute Gasteiger partial charge is 0.557 e. The predicted molar refractivity (Wildman–Crippen MR) is 73.6 cm³/mol. The van der Waals surface area contributed by atoms with Crippen molar-refractivity contribution in [2.24, 2.45) is 0 Å². The van der Waals surface area contributed by atoms with Crippen molar-refractivity contribution >= 4 is 13.6 Å². The van der Waals surface area contributed by atoms with Crippen LogP contribution in [-0.2, 0) is 18.3 Å². The molecule has 0 aromatic rings. The minimum atomic E-state index is 0.745. The highest BCUT2D eigenvalue weighted by atomic mass is 16.5. The molecule has 4 heteroatoms. The molecule has 0 fully saturated rings. The van der Waals surface area contributed by atoms with Crippen LogP contribution < -0.4 is 0 Å². The van der Waals surface area contributed by atoms with Gasteiger partial charge in [0.05, 0.1) is 14.2 Å². The minimum absolute atomic E-state index is 0.745. The van der Waals surface area contributed by atoms with Gasteiger partial charge >= 0.3 is 0 Å². The third-order valence-electron chi connectivity index (χ3n) is 1.91. The fourth-order valence-corrected chi connectivity index (χ4v) is 0.774. The highest BCUT2D eigenvalue weighted by Crippen LogP contribution is 2.02. The summed E-state index contributed by atoms with van der Waals surface area (Å²) in [5.74, 6) is 1.63. The van der Waals surface area contributed by atoms with E-state index in [0.717, 1.165) is 23.7 Å². The Hall–Kier alpha value is -1.84. The molecule has 0 heterocycles. The monoisotopic (exact) mass is 256 g/mol. The molecule has 0 aliphatic heterocycles.